The van der Waals surface area contributed by atoms with Gasteiger partial charge in [-0.15, -0.1) is 10.2 Å². The molecule has 8 heteroatoms. The minimum atomic E-state index is -0.563. The summed E-state index contributed by atoms with van der Waals surface area (Å²) in [5.41, 5.74) is 4.17. The van der Waals surface area contributed by atoms with Crippen molar-refractivity contribution < 1.29 is 24.3 Å². The number of nitrogens with one attached hydrogen (secondary N) is 1. The molecule has 0 heterocycles. The number of hydrogen-bond acceptors (Lipinski definition) is 7. The Morgan fingerprint density at radius 2 is 1.66 bits per heavy atom. The standard InChI is InChI=1S/C21H17N3O5/c1-28-19-4-2-3-15(13-19)21(27)29-24-17-9-7-16(8-10-17)22-23-20(26)14-5-11-18(25)12-6-14/h2-13,24-25H,1H3. The number of carbonyl (C=O) groups excluding carboxylic acids is 2. The van der Waals surface area contributed by atoms with Crippen LogP contribution in [0, 0.1) is 0 Å². The number of nitrogens with zero attached hydrogens (tertiary/aromatic N) is 2. The maximum atomic E-state index is 12.1. The van der Waals surface area contributed by atoms with Crippen molar-refractivity contribution in [2.24, 2.45) is 10.2 Å². The number of rotatable bonds is 6. The molecule has 0 unspecified atom stereocenters. The van der Waals surface area contributed by atoms with Gasteiger partial charge in [0.05, 0.1) is 24.0 Å². The number of hydrogen-bond donors (Lipinski definition) is 2. The second-order valence-corrected chi connectivity index (χ2v) is 5.82. The molecule has 8 nitrogen and oxygen atoms in total. The average Bonchev–Trinajstić information content (AvgIpc) is 2.77. The first-order valence-electron chi connectivity index (χ1n) is 8.51. The SMILES string of the molecule is COc1cccc(C(=O)ONc2ccc(N=NC(=O)c3ccc(O)cc3)cc2)c1. The van der Waals surface area contributed by atoms with Crippen LogP contribution in [0.1, 0.15) is 20.7 Å². The summed E-state index contributed by atoms with van der Waals surface area (Å²) in [7, 11) is 1.51. The van der Waals surface area contributed by atoms with E-state index in [1.807, 2.05) is 0 Å². The van der Waals surface area contributed by atoms with Crippen molar-refractivity contribution in [3.05, 3.63) is 83.9 Å². The summed E-state index contributed by atoms with van der Waals surface area (Å²) in [5, 5.41) is 16.7. The predicted molar refractivity (Wildman–Crippen MR) is 105 cm³/mol. The lowest BCUT2D eigenvalue weighted by atomic mass is 10.2. The van der Waals surface area contributed by atoms with Crippen molar-refractivity contribution in [1.29, 1.82) is 0 Å². The van der Waals surface area contributed by atoms with Crippen molar-refractivity contribution in [3.63, 3.8) is 0 Å². The maximum Gasteiger partial charge on any atom is 0.362 e. The van der Waals surface area contributed by atoms with Gasteiger partial charge in [0.15, 0.2) is 0 Å². The summed E-state index contributed by atoms with van der Waals surface area (Å²) >= 11 is 0. The van der Waals surface area contributed by atoms with Gasteiger partial charge in [-0.2, -0.15) is 0 Å². The predicted octanol–water partition coefficient (Wildman–Crippen LogP) is 4.51. The van der Waals surface area contributed by atoms with Crippen LogP contribution < -0.4 is 10.2 Å². The molecule has 2 N–H and O–H groups in total. The van der Waals surface area contributed by atoms with Crippen LogP contribution in [0.15, 0.2) is 83.0 Å². The normalized spacial score (nSPS) is 10.5. The van der Waals surface area contributed by atoms with E-state index in [1.54, 1.807) is 48.5 Å². The Hall–Kier alpha value is -4.20. The van der Waals surface area contributed by atoms with E-state index < -0.39 is 11.9 Å². The Balaban J connectivity index is 1.56. The first-order valence-corrected chi connectivity index (χ1v) is 8.51. The molecule has 0 bridgehead atoms. The molecule has 0 aliphatic heterocycles. The number of carbonyl (C=O) groups is 2. The lowest BCUT2D eigenvalue weighted by molar-refractivity contribution is 0.0596. The van der Waals surface area contributed by atoms with Crippen LogP contribution in [0.2, 0.25) is 0 Å². The number of azo groups is 1. The lowest BCUT2D eigenvalue weighted by Gasteiger charge is -2.07. The number of aromatic hydroxyl groups is 1. The van der Waals surface area contributed by atoms with Gasteiger partial charge < -0.3 is 14.7 Å². The van der Waals surface area contributed by atoms with Crippen LogP contribution in [-0.2, 0) is 4.84 Å². The summed E-state index contributed by atoms with van der Waals surface area (Å²) in [6.07, 6.45) is 0. The smallest absolute Gasteiger partial charge is 0.362 e. The van der Waals surface area contributed by atoms with Crippen LogP contribution in [0.25, 0.3) is 0 Å². The molecule has 0 fully saturated rings. The van der Waals surface area contributed by atoms with Gasteiger partial charge in [0.25, 0.3) is 5.91 Å². The minimum Gasteiger partial charge on any atom is -0.508 e. The topological polar surface area (TPSA) is 110 Å². The van der Waals surface area contributed by atoms with E-state index in [2.05, 4.69) is 15.7 Å². The fourth-order valence-electron chi connectivity index (χ4n) is 2.28. The van der Waals surface area contributed by atoms with E-state index in [0.717, 1.165) is 0 Å². The van der Waals surface area contributed by atoms with E-state index in [9.17, 15) is 14.7 Å². The molecular weight excluding hydrogens is 374 g/mol. The van der Waals surface area contributed by atoms with Gasteiger partial charge in [0.1, 0.15) is 11.5 Å². The third-order valence-electron chi connectivity index (χ3n) is 3.80. The maximum absolute atomic E-state index is 12.1. The lowest BCUT2D eigenvalue weighted by Crippen LogP contribution is -2.10. The second kappa shape index (κ2) is 9.14. The Bertz CT molecular complexity index is 1030. The molecular formula is C21H17N3O5. The van der Waals surface area contributed by atoms with Gasteiger partial charge >= 0.3 is 5.97 Å². The van der Waals surface area contributed by atoms with Crippen LogP contribution in [-0.4, -0.2) is 24.1 Å². The number of benzene rings is 3. The molecule has 0 radical (unpaired) electrons. The van der Waals surface area contributed by atoms with Crippen LogP contribution in [0.3, 0.4) is 0 Å². The van der Waals surface area contributed by atoms with Gasteiger partial charge in [-0.25, -0.2) is 10.3 Å². The number of methoxy groups -OCH3 is 1. The molecule has 0 saturated carbocycles. The van der Waals surface area contributed by atoms with Crippen molar-refractivity contribution in [2.75, 3.05) is 12.6 Å². The number of anilines is 1. The third kappa shape index (κ3) is 5.39. The van der Waals surface area contributed by atoms with Gasteiger partial charge in [-0.1, -0.05) is 6.07 Å². The second-order valence-electron chi connectivity index (χ2n) is 5.82. The average molecular weight is 391 g/mol. The molecule has 0 aliphatic rings. The van der Waals surface area contributed by atoms with Crippen molar-refractivity contribution >= 4 is 23.3 Å². The summed E-state index contributed by atoms with van der Waals surface area (Å²) in [6.45, 7) is 0. The Morgan fingerprint density at radius 3 is 2.34 bits per heavy atom. The summed E-state index contributed by atoms with van der Waals surface area (Å²) < 4.78 is 5.07. The van der Waals surface area contributed by atoms with Crippen LogP contribution in [0.4, 0.5) is 11.4 Å². The number of ether oxygens (including phenoxy) is 1. The zero-order chi connectivity index (χ0) is 20.6. The van der Waals surface area contributed by atoms with Crippen LogP contribution in [0.5, 0.6) is 11.5 Å². The molecule has 1 amide bonds. The van der Waals surface area contributed by atoms with Gasteiger partial charge in [0.2, 0.25) is 0 Å². The van der Waals surface area contributed by atoms with Crippen LogP contribution >= 0.6 is 0 Å². The molecule has 3 aromatic rings. The number of phenolic OH excluding ortho intramolecular Hbond substituents is 1. The molecule has 0 aromatic heterocycles. The zero-order valence-corrected chi connectivity index (χ0v) is 15.4. The van der Waals surface area contributed by atoms with E-state index in [0.29, 0.717) is 28.3 Å². The molecule has 3 rings (SSSR count). The fourth-order valence-corrected chi connectivity index (χ4v) is 2.28. The van der Waals surface area contributed by atoms with Gasteiger partial charge in [0, 0.05) is 5.56 Å². The van der Waals surface area contributed by atoms with Crippen molar-refractivity contribution in [3.8, 4) is 11.5 Å². The molecule has 0 atom stereocenters. The van der Waals surface area contributed by atoms with E-state index in [1.165, 1.54) is 31.4 Å². The van der Waals surface area contributed by atoms with Gasteiger partial charge in [-0.3, -0.25) is 4.79 Å². The molecule has 0 aliphatic carbocycles. The Kier molecular flexibility index (Phi) is 6.16. The third-order valence-corrected chi connectivity index (χ3v) is 3.80. The monoisotopic (exact) mass is 391 g/mol. The zero-order valence-electron chi connectivity index (χ0n) is 15.4. The largest absolute Gasteiger partial charge is 0.508 e. The molecule has 0 saturated heterocycles. The quantitative estimate of drug-likeness (QED) is 0.473. The fraction of sp³-hybridized carbons (Fsp3) is 0.0476. The first-order chi connectivity index (χ1) is 14.0. The van der Waals surface area contributed by atoms with E-state index in [4.69, 9.17) is 9.57 Å². The summed E-state index contributed by atoms with van der Waals surface area (Å²) in [6, 6.07) is 18.8. The Morgan fingerprint density at radius 1 is 0.931 bits per heavy atom. The highest BCUT2D eigenvalue weighted by Gasteiger charge is 2.09. The van der Waals surface area contributed by atoms with Crippen molar-refractivity contribution in [2.45, 2.75) is 0 Å². The molecule has 0 spiro atoms. The van der Waals surface area contributed by atoms with E-state index in [-0.39, 0.29) is 5.75 Å². The summed E-state index contributed by atoms with van der Waals surface area (Å²) in [4.78, 5) is 29.0. The highest BCUT2D eigenvalue weighted by atomic mass is 16.7. The summed E-state index contributed by atoms with van der Waals surface area (Å²) in [5.74, 6) is -0.476. The highest BCUT2D eigenvalue weighted by Crippen LogP contribution is 2.19. The molecule has 146 valence electrons. The number of amides is 1. The Labute approximate surface area is 166 Å². The first kappa shape index (κ1) is 19.6. The van der Waals surface area contributed by atoms with Gasteiger partial charge in [-0.05, 0) is 66.7 Å². The number of phenols is 1. The van der Waals surface area contributed by atoms with Crippen molar-refractivity contribution in [1.82, 2.24) is 0 Å². The minimum absolute atomic E-state index is 0.0636. The van der Waals surface area contributed by atoms with E-state index >= 15 is 0 Å². The highest BCUT2D eigenvalue weighted by molar-refractivity contribution is 5.94. The molecule has 29 heavy (non-hydrogen) atoms. The molecule has 3 aromatic carbocycles.